The topological polar surface area (TPSA) is 103 Å². The number of amides is 1. The first-order valence-electron chi connectivity index (χ1n) is 8.98. The molecule has 0 heterocycles. The van der Waals surface area contributed by atoms with Gasteiger partial charge in [0.2, 0.25) is 0 Å². The standard InChI is InChI=1S/C20H26N2O6S/c1-13(2)21-20(23)14(3)28-15-6-9-17(10-7-15)29(24,25)22-18-12-16(26-4)8-11-19(18)27-5/h6-14,22H,1-5H3,(H,21,23)/t14-/m1/s1. The van der Waals surface area contributed by atoms with Crippen molar-refractivity contribution in [1.29, 1.82) is 0 Å². The van der Waals surface area contributed by atoms with Crippen molar-refractivity contribution in [1.82, 2.24) is 5.32 Å². The summed E-state index contributed by atoms with van der Waals surface area (Å²) in [6.07, 6.45) is -0.709. The maximum absolute atomic E-state index is 12.7. The van der Waals surface area contributed by atoms with Gasteiger partial charge in [-0.15, -0.1) is 0 Å². The molecule has 0 aliphatic carbocycles. The Labute approximate surface area is 171 Å². The van der Waals surface area contributed by atoms with E-state index < -0.39 is 16.1 Å². The average Bonchev–Trinajstić information content (AvgIpc) is 2.67. The van der Waals surface area contributed by atoms with Gasteiger partial charge in [-0.2, -0.15) is 0 Å². The third kappa shape index (κ3) is 6.02. The van der Waals surface area contributed by atoms with Gasteiger partial charge in [-0.1, -0.05) is 0 Å². The van der Waals surface area contributed by atoms with Crippen LogP contribution < -0.4 is 24.2 Å². The molecule has 2 N–H and O–H groups in total. The van der Waals surface area contributed by atoms with Gasteiger partial charge in [-0.05, 0) is 57.2 Å². The van der Waals surface area contributed by atoms with Crippen LogP contribution in [0.2, 0.25) is 0 Å². The summed E-state index contributed by atoms with van der Waals surface area (Å²) in [6.45, 7) is 5.34. The minimum atomic E-state index is -3.87. The van der Waals surface area contributed by atoms with E-state index in [1.54, 1.807) is 19.1 Å². The zero-order chi connectivity index (χ0) is 21.6. The summed E-state index contributed by atoms with van der Waals surface area (Å²) in [7, 11) is -0.935. The molecular weight excluding hydrogens is 396 g/mol. The van der Waals surface area contributed by atoms with E-state index in [0.29, 0.717) is 17.2 Å². The number of ether oxygens (including phenoxy) is 3. The lowest BCUT2D eigenvalue weighted by Gasteiger charge is -2.17. The maximum Gasteiger partial charge on any atom is 0.262 e. The molecule has 0 unspecified atom stereocenters. The van der Waals surface area contributed by atoms with Crippen LogP contribution in [-0.2, 0) is 14.8 Å². The Balaban J connectivity index is 2.15. The van der Waals surface area contributed by atoms with E-state index in [1.165, 1.54) is 44.6 Å². The molecule has 9 heteroatoms. The van der Waals surface area contributed by atoms with Crippen LogP contribution in [0.5, 0.6) is 17.2 Å². The number of nitrogens with one attached hydrogen (secondary N) is 2. The van der Waals surface area contributed by atoms with Gasteiger partial charge in [0, 0.05) is 12.1 Å². The van der Waals surface area contributed by atoms with Crippen LogP contribution in [0.4, 0.5) is 5.69 Å². The Morgan fingerprint density at radius 2 is 1.55 bits per heavy atom. The van der Waals surface area contributed by atoms with Crippen molar-refractivity contribution in [3.8, 4) is 17.2 Å². The fourth-order valence-electron chi connectivity index (χ4n) is 2.45. The molecule has 0 bridgehead atoms. The second-order valence-electron chi connectivity index (χ2n) is 6.57. The highest BCUT2D eigenvalue weighted by Gasteiger charge is 2.19. The molecule has 0 aromatic heterocycles. The molecule has 0 spiro atoms. The van der Waals surface area contributed by atoms with Crippen molar-refractivity contribution in [3.05, 3.63) is 42.5 Å². The highest BCUT2D eigenvalue weighted by Crippen LogP contribution is 2.31. The Hall–Kier alpha value is -2.94. The number of hydrogen-bond acceptors (Lipinski definition) is 6. The second kappa shape index (κ2) is 9.51. The maximum atomic E-state index is 12.7. The number of rotatable bonds is 9. The van der Waals surface area contributed by atoms with Gasteiger partial charge in [0.25, 0.3) is 15.9 Å². The number of benzene rings is 2. The summed E-state index contributed by atoms with van der Waals surface area (Å²) in [4.78, 5) is 12.0. The highest BCUT2D eigenvalue weighted by molar-refractivity contribution is 7.92. The average molecular weight is 423 g/mol. The van der Waals surface area contributed by atoms with Crippen LogP contribution in [0.3, 0.4) is 0 Å². The lowest BCUT2D eigenvalue weighted by atomic mass is 10.3. The molecule has 0 aliphatic heterocycles. The lowest BCUT2D eigenvalue weighted by molar-refractivity contribution is -0.127. The van der Waals surface area contributed by atoms with Gasteiger partial charge in [0.1, 0.15) is 17.2 Å². The molecule has 0 aliphatic rings. The predicted molar refractivity (Wildman–Crippen MR) is 110 cm³/mol. The summed E-state index contributed by atoms with van der Waals surface area (Å²) < 4.78 is 43.8. The first kappa shape index (κ1) is 22.4. The van der Waals surface area contributed by atoms with Crippen LogP contribution >= 0.6 is 0 Å². The normalized spacial score (nSPS) is 12.2. The molecule has 1 atom stereocenters. The summed E-state index contributed by atoms with van der Waals surface area (Å²) in [5.74, 6) is 0.984. The molecule has 1 amide bonds. The molecule has 0 radical (unpaired) electrons. The van der Waals surface area contributed by atoms with Gasteiger partial charge >= 0.3 is 0 Å². The summed E-state index contributed by atoms with van der Waals surface area (Å²) in [5, 5.41) is 2.75. The summed E-state index contributed by atoms with van der Waals surface area (Å²) >= 11 is 0. The lowest BCUT2D eigenvalue weighted by Crippen LogP contribution is -2.40. The molecule has 8 nitrogen and oxygen atoms in total. The Kier molecular flexibility index (Phi) is 7.33. The molecule has 0 saturated carbocycles. The number of hydrogen-bond donors (Lipinski definition) is 2. The fourth-order valence-corrected chi connectivity index (χ4v) is 3.52. The van der Waals surface area contributed by atoms with Crippen molar-refractivity contribution in [2.45, 2.75) is 37.8 Å². The number of sulfonamides is 1. The van der Waals surface area contributed by atoms with Gasteiger partial charge in [0.05, 0.1) is 24.8 Å². The van der Waals surface area contributed by atoms with E-state index >= 15 is 0 Å². The van der Waals surface area contributed by atoms with Crippen molar-refractivity contribution >= 4 is 21.6 Å². The molecule has 0 saturated heterocycles. The highest BCUT2D eigenvalue weighted by atomic mass is 32.2. The number of carbonyl (C=O) groups excluding carboxylic acids is 1. The second-order valence-corrected chi connectivity index (χ2v) is 8.25. The van der Waals surface area contributed by atoms with Crippen LogP contribution in [-0.4, -0.2) is 40.7 Å². The molecule has 2 aromatic rings. The first-order valence-corrected chi connectivity index (χ1v) is 10.5. The SMILES string of the molecule is COc1ccc(OC)c(NS(=O)(=O)c2ccc(O[C@H](C)C(=O)NC(C)C)cc2)c1. The molecule has 158 valence electrons. The smallest absolute Gasteiger partial charge is 0.262 e. The van der Waals surface area contributed by atoms with E-state index in [0.717, 1.165) is 0 Å². The zero-order valence-corrected chi connectivity index (χ0v) is 17.9. The molecular formula is C20H26N2O6S. The van der Waals surface area contributed by atoms with Crippen molar-refractivity contribution < 1.29 is 27.4 Å². The van der Waals surface area contributed by atoms with E-state index in [1.807, 2.05) is 13.8 Å². The quantitative estimate of drug-likeness (QED) is 0.644. The number of anilines is 1. The van der Waals surface area contributed by atoms with Crippen molar-refractivity contribution in [2.24, 2.45) is 0 Å². The zero-order valence-electron chi connectivity index (χ0n) is 17.1. The van der Waals surface area contributed by atoms with Gasteiger partial charge in [0.15, 0.2) is 6.10 Å². The van der Waals surface area contributed by atoms with Gasteiger partial charge < -0.3 is 19.5 Å². The third-order valence-corrected chi connectivity index (χ3v) is 5.28. The molecule has 0 fully saturated rings. The molecule has 2 rings (SSSR count). The van der Waals surface area contributed by atoms with Crippen molar-refractivity contribution in [3.63, 3.8) is 0 Å². The molecule has 29 heavy (non-hydrogen) atoms. The van der Waals surface area contributed by atoms with Crippen LogP contribution in [0.25, 0.3) is 0 Å². The largest absolute Gasteiger partial charge is 0.497 e. The fraction of sp³-hybridized carbons (Fsp3) is 0.350. The minimum absolute atomic E-state index is 0.000690. The van der Waals surface area contributed by atoms with Crippen LogP contribution in [0.1, 0.15) is 20.8 Å². The van der Waals surface area contributed by atoms with Crippen molar-refractivity contribution in [2.75, 3.05) is 18.9 Å². The first-order chi connectivity index (χ1) is 13.7. The predicted octanol–water partition coefficient (Wildman–Crippen LogP) is 2.80. The van der Waals surface area contributed by atoms with E-state index in [4.69, 9.17) is 14.2 Å². The van der Waals surface area contributed by atoms with Crippen LogP contribution in [0, 0.1) is 0 Å². The van der Waals surface area contributed by atoms with E-state index in [9.17, 15) is 13.2 Å². The Bertz CT molecular complexity index is 942. The van der Waals surface area contributed by atoms with E-state index in [-0.39, 0.29) is 22.5 Å². The summed E-state index contributed by atoms with van der Waals surface area (Å²) in [5.41, 5.74) is 0.256. The van der Waals surface area contributed by atoms with E-state index in [2.05, 4.69) is 10.0 Å². The Morgan fingerprint density at radius 1 is 0.931 bits per heavy atom. The number of methoxy groups -OCH3 is 2. The van der Waals surface area contributed by atoms with Gasteiger partial charge in [-0.3, -0.25) is 9.52 Å². The summed E-state index contributed by atoms with van der Waals surface area (Å²) in [6, 6.07) is 10.6. The van der Waals surface area contributed by atoms with Gasteiger partial charge in [-0.25, -0.2) is 8.42 Å². The Morgan fingerprint density at radius 3 is 2.10 bits per heavy atom. The monoisotopic (exact) mass is 422 g/mol. The minimum Gasteiger partial charge on any atom is -0.497 e. The van der Waals surface area contributed by atoms with Crippen LogP contribution in [0.15, 0.2) is 47.4 Å². The third-order valence-electron chi connectivity index (χ3n) is 3.90. The molecule has 2 aromatic carbocycles. The number of carbonyl (C=O) groups is 1.